The standard InChI is InChI=1S/C14H19BrFN/c1-9-7-13(15)14(16)12(10(9)2)8-11-5-3-4-6-17-11/h7,11,17H,3-6,8H2,1-2H3. The molecule has 17 heavy (non-hydrogen) atoms. The molecule has 1 nitrogen and oxygen atoms in total. The van der Waals surface area contributed by atoms with Gasteiger partial charge in [0.1, 0.15) is 5.82 Å². The number of aryl methyl sites for hydroxylation is 1. The van der Waals surface area contributed by atoms with Crippen molar-refractivity contribution in [1.29, 1.82) is 0 Å². The van der Waals surface area contributed by atoms with Crippen LogP contribution in [0, 0.1) is 19.7 Å². The lowest BCUT2D eigenvalue weighted by molar-refractivity contribution is 0.394. The Morgan fingerprint density at radius 1 is 1.41 bits per heavy atom. The molecule has 1 aliphatic heterocycles. The van der Waals surface area contributed by atoms with Crippen LogP contribution in [-0.4, -0.2) is 12.6 Å². The SMILES string of the molecule is Cc1cc(Br)c(F)c(CC2CCCCN2)c1C. The van der Waals surface area contributed by atoms with Gasteiger partial charge in [0.25, 0.3) is 0 Å². The second kappa shape index (κ2) is 5.49. The molecule has 1 aromatic rings. The van der Waals surface area contributed by atoms with Gasteiger partial charge in [0.2, 0.25) is 0 Å². The van der Waals surface area contributed by atoms with Crippen LogP contribution < -0.4 is 5.32 Å². The maximum absolute atomic E-state index is 14.1. The van der Waals surface area contributed by atoms with Gasteiger partial charge in [0.05, 0.1) is 4.47 Å². The summed E-state index contributed by atoms with van der Waals surface area (Å²) in [5, 5.41) is 3.48. The summed E-state index contributed by atoms with van der Waals surface area (Å²) >= 11 is 3.30. The van der Waals surface area contributed by atoms with E-state index in [-0.39, 0.29) is 5.82 Å². The Morgan fingerprint density at radius 3 is 2.82 bits per heavy atom. The lowest BCUT2D eigenvalue weighted by Crippen LogP contribution is -2.36. The van der Waals surface area contributed by atoms with Gasteiger partial charge in [-0.3, -0.25) is 0 Å². The molecule has 1 aliphatic rings. The Morgan fingerprint density at radius 2 is 2.18 bits per heavy atom. The summed E-state index contributed by atoms with van der Waals surface area (Å²) in [6.07, 6.45) is 4.46. The van der Waals surface area contributed by atoms with E-state index in [9.17, 15) is 4.39 Å². The topological polar surface area (TPSA) is 12.0 Å². The van der Waals surface area contributed by atoms with Gasteiger partial charge >= 0.3 is 0 Å². The predicted octanol–water partition coefficient (Wildman–Crippen LogP) is 3.89. The van der Waals surface area contributed by atoms with E-state index < -0.39 is 0 Å². The van der Waals surface area contributed by atoms with Crippen molar-refractivity contribution < 1.29 is 4.39 Å². The molecule has 0 amide bonds. The first-order valence-corrected chi connectivity index (χ1v) is 7.06. The van der Waals surface area contributed by atoms with Crippen LogP contribution in [0.5, 0.6) is 0 Å². The Labute approximate surface area is 111 Å². The highest BCUT2D eigenvalue weighted by atomic mass is 79.9. The third kappa shape index (κ3) is 2.89. The first kappa shape index (κ1) is 13.0. The molecule has 1 N–H and O–H groups in total. The minimum atomic E-state index is -0.0829. The van der Waals surface area contributed by atoms with Gasteiger partial charge in [-0.2, -0.15) is 0 Å². The maximum Gasteiger partial charge on any atom is 0.140 e. The Hall–Kier alpha value is -0.410. The fourth-order valence-corrected chi connectivity index (χ4v) is 3.08. The van der Waals surface area contributed by atoms with Crippen LogP contribution in [0.1, 0.15) is 36.0 Å². The molecule has 3 heteroatoms. The van der Waals surface area contributed by atoms with Crippen LogP contribution in [0.4, 0.5) is 4.39 Å². The highest BCUT2D eigenvalue weighted by molar-refractivity contribution is 9.10. The van der Waals surface area contributed by atoms with Crippen molar-refractivity contribution in [3.63, 3.8) is 0 Å². The van der Waals surface area contributed by atoms with Gasteiger partial charge in [-0.1, -0.05) is 6.42 Å². The van der Waals surface area contributed by atoms with Crippen LogP contribution in [0.2, 0.25) is 0 Å². The van der Waals surface area contributed by atoms with E-state index in [1.807, 2.05) is 19.9 Å². The summed E-state index contributed by atoms with van der Waals surface area (Å²) in [6, 6.07) is 2.30. The zero-order chi connectivity index (χ0) is 12.4. The number of hydrogen-bond acceptors (Lipinski definition) is 1. The van der Waals surface area contributed by atoms with Crippen molar-refractivity contribution in [2.75, 3.05) is 6.54 Å². The van der Waals surface area contributed by atoms with Crippen molar-refractivity contribution in [2.24, 2.45) is 0 Å². The van der Waals surface area contributed by atoms with Crippen LogP contribution in [0.15, 0.2) is 10.5 Å². The summed E-state index contributed by atoms with van der Waals surface area (Å²) in [6.45, 7) is 5.12. The normalized spacial score (nSPS) is 20.6. The number of halogens is 2. The van der Waals surface area contributed by atoms with E-state index in [0.717, 1.165) is 36.1 Å². The summed E-state index contributed by atoms with van der Waals surface area (Å²) in [5.41, 5.74) is 3.12. The average Bonchev–Trinajstić information content (AvgIpc) is 2.33. The smallest absolute Gasteiger partial charge is 0.140 e. The molecule has 94 valence electrons. The van der Waals surface area contributed by atoms with Gasteiger partial charge in [-0.05, 0) is 78.3 Å². The zero-order valence-corrected chi connectivity index (χ0v) is 12.0. The Bertz CT molecular complexity index is 385. The third-order valence-corrected chi connectivity index (χ3v) is 4.30. The van der Waals surface area contributed by atoms with Crippen molar-refractivity contribution in [1.82, 2.24) is 5.32 Å². The van der Waals surface area contributed by atoms with E-state index in [1.165, 1.54) is 12.8 Å². The molecule has 0 spiro atoms. The summed E-state index contributed by atoms with van der Waals surface area (Å²) in [7, 11) is 0. The quantitative estimate of drug-likeness (QED) is 0.873. The fourth-order valence-electron chi connectivity index (χ4n) is 2.50. The maximum atomic E-state index is 14.1. The van der Waals surface area contributed by atoms with Crippen LogP contribution in [0.25, 0.3) is 0 Å². The molecule has 1 atom stereocenters. The van der Waals surface area contributed by atoms with E-state index in [2.05, 4.69) is 21.2 Å². The van der Waals surface area contributed by atoms with Crippen molar-refractivity contribution in [2.45, 2.75) is 45.6 Å². The van der Waals surface area contributed by atoms with Gasteiger partial charge < -0.3 is 5.32 Å². The van der Waals surface area contributed by atoms with Gasteiger partial charge in [-0.15, -0.1) is 0 Å². The molecule has 0 aliphatic carbocycles. The predicted molar refractivity (Wildman–Crippen MR) is 72.9 cm³/mol. The molecule has 2 rings (SSSR count). The molecule has 1 unspecified atom stereocenters. The second-order valence-corrected chi connectivity index (χ2v) is 5.80. The fraction of sp³-hybridized carbons (Fsp3) is 0.571. The van der Waals surface area contributed by atoms with Gasteiger partial charge in [-0.25, -0.2) is 4.39 Å². The molecule has 0 aromatic heterocycles. The van der Waals surface area contributed by atoms with Crippen molar-refractivity contribution in [3.05, 3.63) is 33.0 Å². The number of rotatable bonds is 2. The van der Waals surface area contributed by atoms with E-state index in [4.69, 9.17) is 0 Å². The number of nitrogens with one attached hydrogen (secondary N) is 1. The molecule has 1 saturated heterocycles. The van der Waals surface area contributed by atoms with E-state index in [0.29, 0.717) is 10.5 Å². The molecule has 1 fully saturated rings. The zero-order valence-electron chi connectivity index (χ0n) is 10.4. The molecule has 0 bridgehead atoms. The highest BCUT2D eigenvalue weighted by Gasteiger charge is 2.18. The number of hydrogen-bond donors (Lipinski definition) is 1. The summed E-state index contributed by atoms with van der Waals surface area (Å²) in [5.74, 6) is -0.0829. The van der Waals surface area contributed by atoms with E-state index in [1.54, 1.807) is 0 Å². The van der Waals surface area contributed by atoms with Gasteiger partial charge in [0, 0.05) is 6.04 Å². The molecule has 0 saturated carbocycles. The first-order valence-electron chi connectivity index (χ1n) is 6.27. The molecule has 1 aromatic carbocycles. The highest BCUT2D eigenvalue weighted by Crippen LogP contribution is 2.27. The van der Waals surface area contributed by atoms with E-state index >= 15 is 0 Å². The minimum absolute atomic E-state index is 0.0829. The number of piperidine rings is 1. The van der Waals surface area contributed by atoms with Crippen molar-refractivity contribution in [3.8, 4) is 0 Å². The Balaban J connectivity index is 2.24. The lowest BCUT2D eigenvalue weighted by Gasteiger charge is -2.25. The second-order valence-electron chi connectivity index (χ2n) is 4.94. The molecule has 1 heterocycles. The van der Waals surface area contributed by atoms with Crippen LogP contribution >= 0.6 is 15.9 Å². The number of benzene rings is 1. The molecule has 0 radical (unpaired) electrons. The van der Waals surface area contributed by atoms with Gasteiger partial charge in [0.15, 0.2) is 0 Å². The molecular weight excluding hydrogens is 281 g/mol. The largest absolute Gasteiger partial charge is 0.314 e. The summed E-state index contributed by atoms with van der Waals surface area (Å²) < 4.78 is 14.7. The van der Waals surface area contributed by atoms with Crippen molar-refractivity contribution >= 4 is 15.9 Å². The molecular formula is C14H19BrFN. The Kier molecular flexibility index (Phi) is 4.21. The first-order chi connectivity index (χ1) is 8.09. The van der Waals surface area contributed by atoms with Crippen LogP contribution in [-0.2, 0) is 6.42 Å². The lowest BCUT2D eigenvalue weighted by atomic mass is 9.93. The monoisotopic (exact) mass is 299 g/mol. The summed E-state index contributed by atoms with van der Waals surface area (Å²) in [4.78, 5) is 0. The third-order valence-electron chi connectivity index (χ3n) is 3.72. The van der Waals surface area contributed by atoms with Crippen LogP contribution in [0.3, 0.4) is 0 Å². The minimum Gasteiger partial charge on any atom is -0.314 e. The average molecular weight is 300 g/mol.